The molecule has 1 aromatic heterocycles. The fourth-order valence-corrected chi connectivity index (χ4v) is 4.05. The predicted molar refractivity (Wildman–Crippen MR) is 70.2 cm³/mol. The van der Waals surface area contributed by atoms with Crippen molar-refractivity contribution in [3.05, 3.63) is 17.2 Å². The van der Waals surface area contributed by atoms with Gasteiger partial charge < -0.3 is 15.4 Å². The summed E-state index contributed by atoms with van der Waals surface area (Å²) in [6, 6.07) is 0.126. The molecule has 3 heterocycles. The van der Waals surface area contributed by atoms with Crippen LogP contribution in [-0.4, -0.2) is 38.2 Å². The summed E-state index contributed by atoms with van der Waals surface area (Å²) < 4.78 is 2.08. The fraction of sp³-hybridized carbons (Fsp3) is 0.667. The second kappa shape index (κ2) is 4.59. The smallest absolute Gasteiger partial charge is 0.356 e. The number of rotatable bonds is 2. The average Bonchev–Trinajstić information content (AvgIpc) is 2.93. The van der Waals surface area contributed by atoms with E-state index in [0.29, 0.717) is 12.5 Å². The number of fused-ring (bicyclic) bond motifs is 1. The number of nitrogens with two attached hydrogens (primary N) is 1. The van der Waals surface area contributed by atoms with Crippen LogP contribution in [0.5, 0.6) is 0 Å². The van der Waals surface area contributed by atoms with Gasteiger partial charge in [0.05, 0.1) is 5.69 Å². The van der Waals surface area contributed by atoms with Crippen LogP contribution in [-0.2, 0) is 13.0 Å². The standard InChI is InChI=1S/C12H17N3O2S/c13-8-1-2-9-10(12(16)17)14-11(15(9)5-8)7-3-4-18-6-7/h7-8H,1-6,13H2,(H,16,17). The molecule has 18 heavy (non-hydrogen) atoms. The Morgan fingerprint density at radius 3 is 3.00 bits per heavy atom. The molecule has 2 aliphatic rings. The van der Waals surface area contributed by atoms with Crippen molar-refractivity contribution in [2.45, 2.75) is 37.8 Å². The van der Waals surface area contributed by atoms with Crippen molar-refractivity contribution >= 4 is 17.7 Å². The molecule has 0 aliphatic carbocycles. The maximum Gasteiger partial charge on any atom is 0.356 e. The van der Waals surface area contributed by atoms with Gasteiger partial charge in [-0.05, 0) is 25.0 Å². The number of aromatic nitrogens is 2. The lowest BCUT2D eigenvalue weighted by Crippen LogP contribution is -2.33. The monoisotopic (exact) mass is 267 g/mol. The molecule has 0 amide bonds. The van der Waals surface area contributed by atoms with Gasteiger partial charge in [0.15, 0.2) is 5.69 Å². The van der Waals surface area contributed by atoms with Crippen LogP contribution >= 0.6 is 11.8 Å². The molecule has 0 saturated carbocycles. The van der Waals surface area contributed by atoms with E-state index in [1.807, 2.05) is 11.8 Å². The molecule has 98 valence electrons. The van der Waals surface area contributed by atoms with Crippen LogP contribution < -0.4 is 5.73 Å². The highest BCUT2D eigenvalue weighted by Crippen LogP contribution is 2.34. The molecule has 2 unspecified atom stereocenters. The molecule has 2 aliphatic heterocycles. The number of carbonyl (C=O) groups is 1. The zero-order chi connectivity index (χ0) is 12.7. The average molecular weight is 267 g/mol. The largest absolute Gasteiger partial charge is 0.476 e. The highest BCUT2D eigenvalue weighted by molar-refractivity contribution is 7.99. The fourth-order valence-electron chi connectivity index (χ4n) is 2.83. The van der Waals surface area contributed by atoms with Crippen LogP contribution in [0.2, 0.25) is 0 Å². The first-order valence-electron chi connectivity index (χ1n) is 6.32. The van der Waals surface area contributed by atoms with E-state index in [0.717, 1.165) is 42.3 Å². The van der Waals surface area contributed by atoms with Crippen LogP contribution in [0, 0.1) is 0 Å². The molecule has 0 bridgehead atoms. The summed E-state index contributed by atoms with van der Waals surface area (Å²) in [4.78, 5) is 15.7. The minimum absolute atomic E-state index is 0.126. The maximum absolute atomic E-state index is 11.3. The van der Waals surface area contributed by atoms with Gasteiger partial charge in [-0.2, -0.15) is 11.8 Å². The van der Waals surface area contributed by atoms with Gasteiger partial charge in [0.25, 0.3) is 0 Å². The number of thioether (sulfide) groups is 1. The van der Waals surface area contributed by atoms with Gasteiger partial charge >= 0.3 is 5.97 Å². The van der Waals surface area contributed by atoms with E-state index in [1.165, 1.54) is 0 Å². The molecule has 5 nitrogen and oxygen atoms in total. The van der Waals surface area contributed by atoms with Gasteiger partial charge in [0.1, 0.15) is 5.82 Å². The van der Waals surface area contributed by atoms with Crippen molar-refractivity contribution in [3.63, 3.8) is 0 Å². The van der Waals surface area contributed by atoms with Crippen LogP contribution in [0.4, 0.5) is 0 Å². The van der Waals surface area contributed by atoms with E-state index in [1.54, 1.807) is 0 Å². The summed E-state index contributed by atoms with van der Waals surface area (Å²) in [5, 5.41) is 9.25. The first-order valence-corrected chi connectivity index (χ1v) is 7.48. The third-order valence-corrected chi connectivity index (χ3v) is 4.93. The summed E-state index contributed by atoms with van der Waals surface area (Å²) in [6.45, 7) is 0.714. The van der Waals surface area contributed by atoms with E-state index in [-0.39, 0.29) is 11.7 Å². The molecular weight excluding hydrogens is 250 g/mol. The zero-order valence-electron chi connectivity index (χ0n) is 10.1. The number of hydrogen-bond acceptors (Lipinski definition) is 4. The topological polar surface area (TPSA) is 81.1 Å². The van der Waals surface area contributed by atoms with Crippen LogP contribution in [0.15, 0.2) is 0 Å². The van der Waals surface area contributed by atoms with Gasteiger partial charge in [-0.15, -0.1) is 0 Å². The quantitative estimate of drug-likeness (QED) is 0.838. The first kappa shape index (κ1) is 12.0. The van der Waals surface area contributed by atoms with Crippen molar-refractivity contribution < 1.29 is 9.90 Å². The Hall–Kier alpha value is -1.01. The normalized spacial score (nSPS) is 27.2. The molecular formula is C12H17N3O2S. The zero-order valence-corrected chi connectivity index (χ0v) is 10.9. The highest BCUT2D eigenvalue weighted by atomic mass is 32.2. The lowest BCUT2D eigenvalue weighted by atomic mass is 10.0. The number of imidazole rings is 1. The Labute approximate surface area is 110 Å². The Balaban J connectivity index is 2.05. The summed E-state index contributed by atoms with van der Waals surface area (Å²) in [5.74, 6) is 2.62. The molecule has 0 radical (unpaired) electrons. The molecule has 2 atom stereocenters. The van der Waals surface area contributed by atoms with Gasteiger partial charge in [0.2, 0.25) is 0 Å². The van der Waals surface area contributed by atoms with Crippen molar-refractivity contribution in [2.24, 2.45) is 5.73 Å². The molecule has 1 fully saturated rings. The lowest BCUT2D eigenvalue weighted by Gasteiger charge is -2.23. The number of nitrogens with zero attached hydrogens (tertiary/aromatic N) is 2. The summed E-state index contributed by atoms with van der Waals surface area (Å²) in [7, 11) is 0. The Kier molecular flexibility index (Phi) is 3.07. The van der Waals surface area contributed by atoms with Gasteiger partial charge in [-0.3, -0.25) is 0 Å². The molecule has 1 aromatic rings. The van der Waals surface area contributed by atoms with E-state index in [2.05, 4.69) is 9.55 Å². The SMILES string of the molecule is NC1CCc2c(C(=O)O)nc(C3CCSC3)n2C1. The van der Waals surface area contributed by atoms with Crippen molar-refractivity contribution in [3.8, 4) is 0 Å². The van der Waals surface area contributed by atoms with Crippen LogP contribution in [0.3, 0.4) is 0 Å². The molecule has 6 heteroatoms. The molecule has 0 spiro atoms. The second-order valence-electron chi connectivity index (χ2n) is 5.04. The molecule has 3 rings (SSSR count). The van der Waals surface area contributed by atoms with Crippen LogP contribution in [0.1, 0.15) is 40.8 Å². The summed E-state index contributed by atoms with van der Waals surface area (Å²) in [6.07, 6.45) is 2.68. The number of carboxylic acids is 1. The number of carboxylic acid groups (broad SMARTS) is 1. The highest BCUT2D eigenvalue weighted by Gasteiger charge is 2.31. The first-order chi connectivity index (χ1) is 8.66. The van der Waals surface area contributed by atoms with Crippen molar-refractivity contribution in [2.75, 3.05) is 11.5 Å². The summed E-state index contributed by atoms with van der Waals surface area (Å²) >= 11 is 1.91. The number of aromatic carboxylic acids is 1. The Morgan fingerprint density at radius 2 is 2.33 bits per heavy atom. The Morgan fingerprint density at radius 1 is 1.50 bits per heavy atom. The second-order valence-corrected chi connectivity index (χ2v) is 6.19. The molecule has 0 aromatic carbocycles. The van der Waals surface area contributed by atoms with Crippen molar-refractivity contribution in [1.29, 1.82) is 0 Å². The summed E-state index contributed by atoms with van der Waals surface area (Å²) in [5.41, 5.74) is 7.12. The minimum atomic E-state index is -0.911. The van der Waals surface area contributed by atoms with E-state index in [4.69, 9.17) is 5.73 Å². The number of hydrogen-bond donors (Lipinski definition) is 2. The predicted octanol–water partition coefficient (Wildman–Crippen LogP) is 1.08. The third kappa shape index (κ3) is 1.93. The van der Waals surface area contributed by atoms with Gasteiger partial charge in [0, 0.05) is 24.3 Å². The maximum atomic E-state index is 11.3. The molecule has 3 N–H and O–H groups in total. The minimum Gasteiger partial charge on any atom is -0.476 e. The van der Waals surface area contributed by atoms with E-state index in [9.17, 15) is 9.90 Å². The Bertz CT molecular complexity index is 480. The van der Waals surface area contributed by atoms with E-state index < -0.39 is 5.97 Å². The van der Waals surface area contributed by atoms with Crippen LogP contribution in [0.25, 0.3) is 0 Å². The van der Waals surface area contributed by atoms with E-state index >= 15 is 0 Å². The van der Waals surface area contributed by atoms with Crippen molar-refractivity contribution in [1.82, 2.24) is 9.55 Å². The lowest BCUT2D eigenvalue weighted by molar-refractivity contribution is 0.0689. The molecule has 1 saturated heterocycles. The van der Waals surface area contributed by atoms with Gasteiger partial charge in [-0.25, -0.2) is 9.78 Å². The van der Waals surface area contributed by atoms with Gasteiger partial charge in [-0.1, -0.05) is 0 Å². The third-order valence-electron chi connectivity index (χ3n) is 3.77.